The Balaban J connectivity index is 3.63. The van der Waals surface area contributed by atoms with E-state index in [0.29, 0.717) is 6.42 Å². The van der Waals surface area contributed by atoms with Crippen LogP contribution in [0.2, 0.25) is 0 Å². The maximum absolute atomic E-state index is 11.2. The van der Waals surface area contributed by atoms with Crippen molar-refractivity contribution in [1.82, 2.24) is 5.32 Å². The second kappa shape index (κ2) is 6.91. The summed E-state index contributed by atoms with van der Waals surface area (Å²) in [6.07, 6.45) is 2.60. The molecule has 4 nitrogen and oxygen atoms in total. The standard InChI is InChI=1S/C8H16N2O2S/c1-6(11)5-10-8(12)7(9)3-4-13-2/h7H,3-5,9H2,1-2H3,(H,10,12). The molecule has 0 aliphatic heterocycles. The van der Waals surface area contributed by atoms with Gasteiger partial charge in [-0.25, -0.2) is 0 Å². The van der Waals surface area contributed by atoms with Crippen molar-refractivity contribution in [1.29, 1.82) is 0 Å². The molecular formula is C8H16N2O2S. The zero-order valence-electron chi connectivity index (χ0n) is 8.00. The second-order valence-corrected chi connectivity index (χ2v) is 3.79. The SMILES string of the molecule is CSCCC(N)C(=O)NCC(C)=O. The number of thioether (sulfide) groups is 1. The molecule has 0 rings (SSSR count). The molecule has 13 heavy (non-hydrogen) atoms. The van der Waals surface area contributed by atoms with Gasteiger partial charge in [0, 0.05) is 0 Å². The molecule has 0 saturated carbocycles. The summed E-state index contributed by atoms with van der Waals surface area (Å²) in [4.78, 5) is 21.7. The van der Waals surface area contributed by atoms with Crippen LogP contribution in [-0.4, -0.2) is 36.3 Å². The molecule has 3 N–H and O–H groups in total. The number of amides is 1. The van der Waals surface area contributed by atoms with E-state index in [1.807, 2.05) is 6.26 Å². The fraction of sp³-hybridized carbons (Fsp3) is 0.750. The highest BCUT2D eigenvalue weighted by Gasteiger charge is 2.12. The minimum atomic E-state index is -0.494. The number of hydrogen-bond donors (Lipinski definition) is 2. The Labute approximate surface area is 82.6 Å². The average Bonchev–Trinajstić information content (AvgIpc) is 2.10. The van der Waals surface area contributed by atoms with Crippen LogP contribution in [0.4, 0.5) is 0 Å². The molecule has 1 atom stereocenters. The lowest BCUT2D eigenvalue weighted by molar-refractivity contribution is -0.125. The maximum Gasteiger partial charge on any atom is 0.237 e. The van der Waals surface area contributed by atoms with Crippen LogP contribution in [-0.2, 0) is 9.59 Å². The van der Waals surface area contributed by atoms with Gasteiger partial charge in [0.1, 0.15) is 5.78 Å². The average molecular weight is 204 g/mol. The molecule has 0 fully saturated rings. The summed E-state index contributed by atoms with van der Waals surface area (Å²) in [6.45, 7) is 1.50. The molecule has 0 heterocycles. The summed E-state index contributed by atoms with van der Waals surface area (Å²) in [6, 6.07) is -0.494. The molecule has 0 aromatic heterocycles. The number of Topliss-reactive ketones (excluding diaryl/α,β-unsaturated/α-hetero) is 1. The third-order valence-corrected chi connectivity index (χ3v) is 2.13. The van der Waals surface area contributed by atoms with E-state index in [9.17, 15) is 9.59 Å². The van der Waals surface area contributed by atoms with Crippen LogP contribution in [0.25, 0.3) is 0 Å². The first-order valence-electron chi connectivity index (χ1n) is 4.09. The first-order chi connectivity index (χ1) is 6.07. The third-order valence-electron chi connectivity index (χ3n) is 1.48. The first-order valence-corrected chi connectivity index (χ1v) is 5.49. The number of carbonyl (C=O) groups is 2. The lowest BCUT2D eigenvalue weighted by Gasteiger charge is -2.09. The van der Waals surface area contributed by atoms with Gasteiger partial charge in [-0.15, -0.1) is 0 Å². The number of hydrogen-bond acceptors (Lipinski definition) is 4. The van der Waals surface area contributed by atoms with Crippen LogP contribution in [0.15, 0.2) is 0 Å². The first kappa shape index (κ1) is 12.4. The minimum Gasteiger partial charge on any atom is -0.348 e. The van der Waals surface area contributed by atoms with Crippen molar-refractivity contribution in [3.05, 3.63) is 0 Å². The fourth-order valence-corrected chi connectivity index (χ4v) is 1.21. The normalized spacial score (nSPS) is 12.2. The van der Waals surface area contributed by atoms with Gasteiger partial charge in [0.15, 0.2) is 0 Å². The van der Waals surface area contributed by atoms with Crippen molar-refractivity contribution in [2.45, 2.75) is 19.4 Å². The van der Waals surface area contributed by atoms with Gasteiger partial charge in [0.05, 0.1) is 12.6 Å². The number of carbonyl (C=O) groups excluding carboxylic acids is 2. The van der Waals surface area contributed by atoms with Crippen LogP contribution in [0.1, 0.15) is 13.3 Å². The Hall–Kier alpha value is -0.550. The van der Waals surface area contributed by atoms with E-state index in [1.54, 1.807) is 11.8 Å². The summed E-state index contributed by atoms with van der Waals surface area (Å²) >= 11 is 1.64. The van der Waals surface area contributed by atoms with E-state index in [4.69, 9.17) is 5.73 Å². The maximum atomic E-state index is 11.2. The smallest absolute Gasteiger partial charge is 0.237 e. The second-order valence-electron chi connectivity index (χ2n) is 2.81. The Morgan fingerprint density at radius 1 is 1.54 bits per heavy atom. The number of nitrogens with two attached hydrogens (primary N) is 1. The molecule has 0 aliphatic carbocycles. The van der Waals surface area contributed by atoms with Gasteiger partial charge in [-0.05, 0) is 25.4 Å². The van der Waals surface area contributed by atoms with Gasteiger partial charge in [0.2, 0.25) is 5.91 Å². The summed E-state index contributed by atoms with van der Waals surface area (Å²) in [7, 11) is 0. The van der Waals surface area contributed by atoms with Gasteiger partial charge in [-0.1, -0.05) is 0 Å². The summed E-state index contributed by atoms with van der Waals surface area (Å²) in [5, 5.41) is 2.47. The van der Waals surface area contributed by atoms with E-state index < -0.39 is 6.04 Å². The quantitative estimate of drug-likeness (QED) is 0.627. The lowest BCUT2D eigenvalue weighted by Crippen LogP contribution is -2.42. The number of rotatable bonds is 6. The highest BCUT2D eigenvalue weighted by Crippen LogP contribution is 1.98. The Morgan fingerprint density at radius 2 is 2.15 bits per heavy atom. The molecular weight excluding hydrogens is 188 g/mol. The molecule has 0 bridgehead atoms. The molecule has 0 aliphatic rings. The van der Waals surface area contributed by atoms with E-state index >= 15 is 0 Å². The molecule has 1 amide bonds. The predicted octanol–water partition coefficient (Wildman–Crippen LogP) is -0.228. The Bertz CT molecular complexity index is 185. The molecule has 0 saturated heterocycles. The molecule has 0 radical (unpaired) electrons. The summed E-state index contributed by atoms with van der Waals surface area (Å²) < 4.78 is 0. The Kier molecular flexibility index (Phi) is 6.62. The van der Waals surface area contributed by atoms with Crippen LogP contribution >= 0.6 is 11.8 Å². The highest BCUT2D eigenvalue weighted by atomic mass is 32.2. The zero-order chi connectivity index (χ0) is 10.3. The monoisotopic (exact) mass is 204 g/mol. The summed E-state index contributed by atoms with van der Waals surface area (Å²) in [5.74, 6) is 0.545. The Morgan fingerprint density at radius 3 is 2.62 bits per heavy atom. The number of ketones is 1. The van der Waals surface area contributed by atoms with Crippen molar-refractivity contribution in [2.24, 2.45) is 5.73 Å². The zero-order valence-corrected chi connectivity index (χ0v) is 8.82. The van der Waals surface area contributed by atoms with Gasteiger partial charge in [0.25, 0.3) is 0 Å². The van der Waals surface area contributed by atoms with Crippen molar-refractivity contribution in [3.8, 4) is 0 Å². The van der Waals surface area contributed by atoms with Gasteiger partial charge in [-0.2, -0.15) is 11.8 Å². The fourth-order valence-electron chi connectivity index (χ4n) is 0.719. The molecule has 5 heteroatoms. The largest absolute Gasteiger partial charge is 0.348 e. The lowest BCUT2D eigenvalue weighted by atomic mass is 10.2. The number of nitrogens with one attached hydrogen (secondary N) is 1. The molecule has 76 valence electrons. The highest BCUT2D eigenvalue weighted by molar-refractivity contribution is 7.98. The van der Waals surface area contributed by atoms with Crippen LogP contribution in [0.5, 0.6) is 0 Å². The molecule has 1 unspecified atom stereocenters. The molecule has 0 aromatic rings. The third kappa shape index (κ3) is 6.60. The van der Waals surface area contributed by atoms with Gasteiger partial charge in [-0.3, -0.25) is 9.59 Å². The van der Waals surface area contributed by atoms with E-state index in [2.05, 4.69) is 5.32 Å². The van der Waals surface area contributed by atoms with Crippen LogP contribution in [0.3, 0.4) is 0 Å². The topological polar surface area (TPSA) is 72.2 Å². The van der Waals surface area contributed by atoms with Gasteiger partial charge < -0.3 is 11.1 Å². The van der Waals surface area contributed by atoms with E-state index in [-0.39, 0.29) is 18.2 Å². The van der Waals surface area contributed by atoms with Crippen molar-refractivity contribution in [3.63, 3.8) is 0 Å². The minimum absolute atomic E-state index is 0.0644. The van der Waals surface area contributed by atoms with Crippen molar-refractivity contribution >= 4 is 23.5 Å². The molecule has 0 aromatic carbocycles. The summed E-state index contributed by atoms with van der Waals surface area (Å²) in [5.41, 5.74) is 5.55. The molecule has 0 spiro atoms. The predicted molar refractivity (Wildman–Crippen MR) is 54.7 cm³/mol. The van der Waals surface area contributed by atoms with E-state index in [1.165, 1.54) is 6.92 Å². The van der Waals surface area contributed by atoms with Crippen LogP contribution in [0, 0.1) is 0 Å². The van der Waals surface area contributed by atoms with Crippen LogP contribution < -0.4 is 11.1 Å². The van der Waals surface area contributed by atoms with E-state index in [0.717, 1.165) is 5.75 Å². The van der Waals surface area contributed by atoms with Crippen molar-refractivity contribution in [2.75, 3.05) is 18.6 Å². The van der Waals surface area contributed by atoms with Crippen molar-refractivity contribution < 1.29 is 9.59 Å². The van der Waals surface area contributed by atoms with Gasteiger partial charge >= 0.3 is 0 Å².